The highest BCUT2D eigenvalue weighted by molar-refractivity contribution is 7.89. The number of nitrogens with zero attached hydrogens (tertiary/aromatic N) is 1. The number of nitrogens with two attached hydrogens (primary N) is 1. The smallest absolute Gasteiger partial charge is 0.242 e. The molecule has 0 saturated heterocycles. The van der Waals surface area contributed by atoms with Crippen molar-refractivity contribution in [1.82, 2.24) is 4.72 Å². The van der Waals surface area contributed by atoms with Crippen LogP contribution < -0.4 is 10.5 Å². The molecule has 1 aromatic carbocycles. The second-order valence-electron chi connectivity index (χ2n) is 4.00. The van der Waals surface area contributed by atoms with Crippen LogP contribution in [0.2, 0.25) is 0 Å². The Hall–Kier alpha value is -1.62. The fourth-order valence-corrected chi connectivity index (χ4v) is 2.53. The van der Waals surface area contributed by atoms with Crippen molar-refractivity contribution >= 4 is 15.7 Å². The van der Waals surface area contributed by atoms with Crippen molar-refractivity contribution in [3.63, 3.8) is 0 Å². The van der Waals surface area contributed by atoms with E-state index in [9.17, 15) is 8.42 Å². The van der Waals surface area contributed by atoms with E-state index in [-0.39, 0.29) is 29.7 Å². The van der Waals surface area contributed by atoms with Crippen LogP contribution in [0, 0.1) is 17.2 Å². The van der Waals surface area contributed by atoms with Gasteiger partial charge >= 0.3 is 0 Å². The molecule has 0 aromatic heterocycles. The second kappa shape index (κ2) is 5.82. The van der Waals surface area contributed by atoms with Gasteiger partial charge in [0.25, 0.3) is 0 Å². The standard InChI is InChI=1S/C11H15N3O3S/c1-8(7-15)6-14-18(16,17)11-3-2-9(5-12)4-10(11)13/h2-4,8,14-15H,6-7,13H2,1H3. The number of hydrogen-bond acceptors (Lipinski definition) is 5. The summed E-state index contributed by atoms with van der Waals surface area (Å²) < 4.78 is 26.2. The largest absolute Gasteiger partial charge is 0.398 e. The highest BCUT2D eigenvalue weighted by atomic mass is 32.2. The average molecular weight is 269 g/mol. The molecule has 0 heterocycles. The average Bonchev–Trinajstić information content (AvgIpc) is 2.35. The summed E-state index contributed by atoms with van der Waals surface area (Å²) in [6.45, 7) is 1.73. The van der Waals surface area contributed by atoms with Crippen LogP contribution in [0.1, 0.15) is 12.5 Å². The van der Waals surface area contributed by atoms with Crippen molar-refractivity contribution in [2.75, 3.05) is 18.9 Å². The lowest BCUT2D eigenvalue weighted by molar-refractivity contribution is 0.238. The lowest BCUT2D eigenvalue weighted by Gasteiger charge is -2.11. The Morgan fingerprint density at radius 3 is 2.72 bits per heavy atom. The molecule has 0 spiro atoms. The Labute approximate surface area is 106 Å². The van der Waals surface area contributed by atoms with Crippen LogP contribution in [0.4, 0.5) is 5.69 Å². The van der Waals surface area contributed by atoms with Gasteiger partial charge in [0.05, 0.1) is 17.3 Å². The monoisotopic (exact) mass is 269 g/mol. The normalized spacial score (nSPS) is 12.9. The van der Waals surface area contributed by atoms with E-state index in [2.05, 4.69) is 4.72 Å². The van der Waals surface area contributed by atoms with Gasteiger partial charge in [-0.1, -0.05) is 6.92 Å². The minimum atomic E-state index is -3.72. The van der Waals surface area contributed by atoms with Crippen molar-refractivity contribution in [2.45, 2.75) is 11.8 Å². The first-order chi connectivity index (χ1) is 8.40. The Morgan fingerprint density at radius 1 is 1.56 bits per heavy atom. The molecule has 6 nitrogen and oxygen atoms in total. The molecule has 1 atom stereocenters. The molecule has 0 radical (unpaired) electrons. The van der Waals surface area contributed by atoms with Gasteiger partial charge in [-0.15, -0.1) is 0 Å². The summed E-state index contributed by atoms with van der Waals surface area (Å²) in [5.41, 5.74) is 5.93. The van der Waals surface area contributed by atoms with E-state index in [1.165, 1.54) is 18.2 Å². The second-order valence-corrected chi connectivity index (χ2v) is 5.74. The first kappa shape index (κ1) is 14.4. The summed E-state index contributed by atoms with van der Waals surface area (Å²) >= 11 is 0. The molecule has 4 N–H and O–H groups in total. The lowest BCUT2D eigenvalue weighted by atomic mass is 10.2. The number of aliphatic hydroxyl groups is 1. The quantitative estimate of drug-likeness (QED) is 0.653. The van der Waals surface area contributed by atoms with Crippen LogP contribution in [0.25, 0.3) is 0 Å². The fourth-order valence-electron chi connectivity index (χ4n) is 1.26. The summed E-state index contributed by atoms with van der Waals surface area (Å²) in [6.07, 6.45) is 0. The summed E-state index contributed by atoms with van der Waals surface area (Å²) in [7, 11) is -3.72. The van der Waals surface area contributed by atoms with Gasteiger partial charge in [-0.2, -0.15) is 5.26 Å². The number of hydrogen-bond donors (Lipinski definition) is 3. The molecule has 0 aliphatic heterocycles. The first-order valence-electron chi connectivity index (χ1n) is 5.31. The Balaban J connectivity index is 2.96. The number of anilines is 1. The van der Waals surface area contributed by atoms with Crippen LogP contribution in [0.3, 0.4) is 0 Å². The third-order valence-electron chi connectivity index (χ3n) is 2.36. The third kappa shape index (κ3) is 3.43. The number of sulfonamides is 1. The van der Waals surface area contributed by atoms with Crippen LogP contribution in [0.15, 0.2) is 23.1 Å². The zero-order valence-corrected chi connectivity index (χ0v) is 10.7. The highest BCUT2D eigenvalue weighted by Crippen LogP contribution is 2.19. The predicted octanol–water partition coefficient (Wildman–Crippen LogP) is 0.0472. The van der Waals surface area contributed by atoms with Gasteiger partial charge in [-0.25, -0.2) is 13.1 Å². The van der Waals surface area contributed by atoms with E-state index in [0.29, 0.717) is 5.56 Å². The Bertz CT molecular complexity index is 563. The van der Waals surface area contributed by atoms with E-state index < -0.39 is 10.0 Å². The molecule has 98 valence electrons. The Kier molecular flexibility index (Phi) is 4.67. The van der Waals surface area contributed by atoms with Crippen molar-refractivity contribution < 1.29 is 13.5 Å². The molecule has 0 fully saturated rings. The molecule has 0 bridgehead atoms. The molecule has 1 aromatic rings. The molecule has 7 heteroatoms. The van der Waals surface area contributed by atoms with Crippen LogP contribution >= 0.6 is 0 Å². The molecule has 0 aliphatic rings. The van der Waals surface area contributed by atoms with E-state index in [4.69, 9.17) is 16.1 Å². The number of aliphatic hydroxyl groups excluding tert-OH is 1. The van der Waals surface area contributed by atoms with Gasteiger partial charge in [-0.05, 0) is 24.1 Å². The first-order valence-corrected chi connectivity index (χ1v) is 6.79. The summed E-state index contributed by atoms with van der Waals surface area (Å²) in [5, 5.41) is 17.5. The third-order valence-corrected chi connectivity index (χ3v) is 3.86. The topological polar surface area (TPSA) is 116 Å². The molecular weight excluding hydrogens is 254 g/mol. The van der Waals surface area contributed by atoms with Gasteiger partial charge in [0.2, 0.25) is 10.0 Å². The number of nitrogens with one attached hydrogen (secondary N) is 1. The maximum Gasteiger partial charge on any atom is 0.242 e. The highest BCUT2D eigenvalue weighted by Gasteiger charge is 2.18. The minimum Gasteiger partial charge on any atom is -0.398 e. The fraction of sp³-hybridized carbons (Fsp3) is 0.364. The van der Waals surface area contributed by atoms with Crippen LogP contribution in [-0.4, -0.2) is 26.7 Å². The zero-order valence-electron chi connectivity index (χ0n) is 9.92. The lowest BCUT2D eigenvalue weighted by Crippen LogP contribution is -2.30. The van der Waals surface area contributed by atoms with Crippen LogP contribution in [-0.2, 0) is 10.0 Å². The van der Waals surface area contributed by atoms with Gasteiger partial charge < -0.3 is 10.8 Å². The van der Waals surface area contributed by atoms with Crippen molar-refractivity contribution in [3.05, 3.63) is 23.8 Å². The van der Waals surface area contributed by atoms with E-state index in [1.54, 1.807) is 6.92 Å². The summed E-state index contributed by atoms with van der Waals surface area (Å²) in [5.74, 6) is -0.181. The van der Waals surface area contributed by atoms with Gasteiger partial charge in [0.15, 0.2) is 0 Å². The molecule has 1 rings (SSSR count). The SMILES string of the molecule is CC(CO)CNS(=O)(=O)c1ccc(C#N)cc1N. The molecule has 0 saturated carbocycles. The minimum absolute atomic E-state index is 0.0261. The van der Waals surface area contributed by atoms with Crippen molar-refractivity contribution in [2.24, 2.45) is 5.92 Å². The summed E-state index contributed by atoms with van der Waals surface area (Å²) in [4.78, 5) is -0.0633. The summed E-state index contributed by atoms with van der Waals surface area (Å²) in [6, 6.07) is 5.87. The van der Waals surface area contributed by atoms with Gasteiger partial charge in [-0.3, -0.25) is 0 Å². The Morgan fingerprint density at radius 2 is 2.22 bits per heavy atom. The maximum atomic E-state index is 11.9. The van der Waals surface area contributed by atoms with Gasteiger partial charge in [0, 0.05) is 13.2 Å². The molecule has 0 aliphatic carbocycles. The van der Waals surface area contributed by atoms with Crippen molar-refractivity contribution in [3.8, 4) is 6.07 Å². The van der Waals surface area contributed by atoms with E-state index >= 15 is 0 Å². The molecule has 18 heavy (non-hydrogen) atoms. The maximum absolute atomic E-state index is 11.9. The van der Waals surface area contributed by atoms with Crippen LogP contribution in [0.5, 0.6) is 0 Å². The van der Waals surface area contributed by atoms with Gasteiger partial charge in [0.1, 0.15) is 4.90 Å². The number of nitriles is 1. The number of rotatable bonds is 5. The molecule has 0 amide bonds. The van der Waals surface area contributed by atoms with E-state index in [0.717, 1.165) is 0 Å². The predicted molar refractivity (Wildman–Crippen MR) is 67.0 cm³/mol. The zero-order chi connectivity index (χ0) is 13.8. The molecule has 1 unspecified atom stereocenters. The van der Waals surface area contributed by atoms with Crippen molar-refractivity contribution in [1.29, 1.82) is 5.26 Å². The van der Waals surface area contributed by atoms with E-state index in [1.807, 2.05) is 6.07 Å². The number of benzene rings is 1. The number of nitrogen functional groups attached to an aromatic ring is 1. The molecular formula is C11H15N3O3S.